The summed E-state index contributed by atoms with van der Waals surface area (Å²) in [4.78, 5) is 0. The van der Waals surface area contributed by atoms with E-state index < -0.39 is 17.6 Å². The second-order valence-corrected chi connectivity index (χ2v) is 15.7. The zero-order valence-corrected chi connectivity index (χ0v) is 27.9. The van der Waals surface area contributed by atoms with Crippen LogP contribution in [0.3, 0.4) is 0 Å². The van der Waals surface area contributed by atoms with E-state index in [1.807, 2.05) is 182 Å². The van der Waals surface area contributed by atoms with E-state index in [1.54, 1.807) is 0 Å². The Labute approximate surface area is 278 Å². The summed E-state index contributed by atoms with van der Waals surface area (Å²) in [6, 6.07) is 58.8. The van der Waals surface area contributed by atoms with Crippen LogP contribution in [0.25, 0.3) is 0 Å². The summed E-state index contributed by atoms with van der Waals surface area (Å²) in [6.07, 6.45) is 0.553. The van der Waals surface area contributed by atoms with Gasteiger partial charge in [-0.3, -0.25) is 0 Å². The van der Waals surface area contributed by atoms with Crippen LogP contribution in [0.4, 0.5) is 0 Å². The van der Waals surface area contributed by atoms with Crippen molar-refractivity contribution in [3.8, 4) is 34.5 Å². The Morgan fingerprint density at radius 3 is 0.596 bits per heavy atom. The average Bonchev–Trinajstić information content (AvgIpc) is 3.11. The minimum Gasteiger partial charge on any atom is -0.483 e. The molecule has 0 atom stereocenters. The van der Waals surface area contributed by atoms with E-state index in [9.17, 15) is 0 Å². The molecule has 6 rings (SSSR count). The van der Waals surface area contributed by atoms with Gasteiger partial charge in [-0.2, -0.15) is 0 Å². The lowest BCUT2D eigenvalue weighted by Gasteiger charge is -2.33. The first-order valence-corrected chi connectivity index (χ1v) is 19.5. The van der Waals surface area contributed by atoms with Gasteiger partial charge in [0.25, 0.3) is 0 Å². The van der Waals surface area contributed by atoms with Crippen molar-refractivity contribution in [2.75, 3.05) is 0 Å². The minimum atomic E-state index is -3.54. The lowest BCUT2D eigenvalue weighted by atomic mass is 10.3. The normalized spacial score (nSPS) is 11.2. The number of hydrogen-bond acceptors (Lipinski definition) is 6. The molecule has 0 bridgehead atoms. The second-order valence-electron chi connectivity index (χ2n) is 10.7. The fourth-order valence-electron chi connectivity index (χ4n) is 4.96. The highest BCUT2D eigenvalue weighted by Gasteiger charge is 2.53. The first kappa shape index (κ1) is 31.5. The number of hydrogen-bond donors (Lipinski definition) is 0. The Morgan fingerprint density at radius 1 is 0.255 bits per heavy atom. The minimum absolute atomic E-state index is 0.439. The highest BCUT2D eigenvalue weighted by atomic mass is 28.4. The average molecular weight is 657 g/mol. The highest BCUT2D eigenvalue weighted by molar-refractivity contribution is 6.65. The Balaban J connectivity index is 1.37. The summed E-state index contributed by atoms with van der Waals surface area (Å²) in [5.41, 5.74) is 0. The van der Waals surface area contributed by atoms with Gasteiger partial charge in [0, 0.05) is 0 Å². The van der Waals surface area contributed by atoms with Gasteiger partial charge in [-0.25, -0.2) is 0 Å². The molecule has 0 radical (unpaired) electrons. The van der Waals surface area contributed by atoms with Crippen LogP contribution in [0, 0.1) is 0 Å². The summed E-state index contributed by atoms with van der Waals surface area (Å²) >= 11 is 0. The molecule has 0 fully saturated rings. The first-order valence-electron chi connectivity index (χ1n) is 15.6. The molecule has 8 heteroatoms. The molecule has 0 unspecified atom stereocenters. The van der Waals surface area contributed by atoms with Gasteiger partial charge >= 0.3 is 17.6 Å². The van der Waals surface area contributed by atoms with Crippen molar-refractivity contribution < 1.29 is 26.6 Å². The Bertz CT molecular complexity index is 1410. The summed E-state index contributed by atoms with van der Waals surface area (Å²) in [5, 5.41) is 0. The van der Waals surface area contributed by atoms with E-state index >= 15 is 0 Å². The van der Waals surface area contributed by atoms with Gasteiger partial charge in [0.05, 0.1) is 12.1 Å². The van der Waals surface area contributed by atoms with Crippen LogP contribution in [0.2, 0.25) is 12.1 Å². The van der Waals surface area contributed by atoms with Gasteiger partial charge in [-0.05, 0) is 79.2 Å². The molecule has 236 valence electrons. The van der Waals surface area contributed by atoms with Crippen molar-refractivity contribution in [3.05, 3.63) is 182 Å². The molecule has 0 aromatic heterocycles. The molecule has 0 saturated carbocycles. The van der Waals surface area contributed by atoms with E-state index in [4.69, 9.17) is 26.6 Å². The summed E-state index contributed by atoms with van der Waals surface area (Å²) in [5.74, 6) is 3.98. The van der Waals surface area contributed by atoms with Gasteiger partial charge in [-0.15, -0.1) is 0 Å². The molecule has 47 heavy (non-hydrogen) atoms. The molecule has 0 amide bonds. The standard InChI is InChI=1S/C39H36O6Si2/c1-7-20-34(21-8-1)40-46(41-35-22-9-2-10-23-35,42-36-24-11-3-12-25-36)32-19-33-47(43-37-26-13-4-14-27-37,44-38-28-15-5-16-29-38)45-39-30-17-6-18-31-39/h1-18,20-31H,19,32-33H2. The van der Waals surface area contributed by atoms with Crippen molar-refractivity contribution >= 4 is 17.6 Å². The predicted molar refractivity (Wildman–Crippen MR) is 188 cm³/mol. The molecule has 0 spiro atoms. The fourth-order valence-corrected chi connectivity index (χ4v) is 10.4. The second kappa shape index (κ2) is 15.7. The number of rotatable bonds is 16. The monoisotopic (exact) mass is 656 g/mol. The summed E-state index contributed by atoms with van der Waals surface area (Å²) in [7, 11) is -7.08. The topological polar surface area (TPSA) is 55.4 Å². The smallest absolute Gasteiger partial charge is 0.483 e. The predicted octanol–water partition coefficient (Wildman–Crippen LogP) is 9.73. The van der Waals surface area contributed by atoms with E-state index in [2.05, 4.69) is 0 Å². The van der Waals surface area contributed by atoms with Gasteiger partial charge in [-0.1, -0.05) is 109 Å². The Morgan fingerprint density at radius 2 is 0.426 bits per heavy atom. The fraction of sp³-hybridized carbons (Fsp3) is 0.0769. The molecule has 0 saturated heterocycles. The van der Waals surface area contributed by atoms with E-state index in [1.165, 1.54) is 0 Å². The SMILES string of the molecule is c1ccc(O[Si](CCC[Si](Oc2ccccc2)(Oc2ccccc2)Oc2ccccc2)(Oc2ccccc2)Oc2ccccc2)cc1. The van der Waals surface area contributed by atoms with Crippen LogP contribution < -0.4 is 26.6 Å². The molecule has 0 aliphatic rings. The van der Waals surface area contributed by atoms with Crippen LogP contribution in [-0.4, -0.2) is 17.6 Å². The number of benzene rings is 6. The molecule has 0 N–H and O–H groups in total. The quantitative estimate of drug-likeness (QED) is 0.0967. The van der Waals surface area contributed by atoms with Crippen LogP contribution in [0.1, 0.15) is 6.42 Å². The molecule has 6 aromatic rings. The Kier molecular flexibility index (Phi) is 10.5. The van der Waals surface area contributed by atoms with Gasteiger partial charge in [0.2, 0.25) is 0 Å². The van der Waals surface area contributed by atoms with Crippen LogP contribution in [0.5, 0.6) is 34.5 Å². The maximum Gasteiger partial charge on any atom is 0.699 e. The third-order valence-electron chi connectivity index (χ3n) is 7.07. The largest absolute Gasteiger partial charge is 0.699 e. The molecule has 0 aliphatic carbocycles. The maximum atomic E-state index is 6.77. The molecular formula is C39H36O6Si2. The zero-order chi connectivity index (χ0) is 32.0. The van der Waals surface area contributed by atoms with Gasteiger partial charge in [0.1, 0.15) is 34.5 Å². The van der Waals surface area contributed by atoms with E-state index in [-0.39, 0.29) is 0 Å². The molecular weight excluding hydrogens is 621 g/mol. The summed E-state index contributed by atoms with van der Waals surface area (Å²) in [6.45, 7) is 0. The van der Waals surface area contributed by atoms with Crippen molar-refractivity contribution in [2.24, 2.45) is 0 Å². The van der Waals surface area contributed by atoms with E-state index in [0.717, 1.165) is 0 Å². The molecule has 0 aliphatic heterocycles. The van der Waals surface area contributed by atoms with Crippen molar-refractivity contribution in [3.63, 3.8) is 0 Å². The van der Waals surface area contributed by atoms with Crippen molar-refractivity contribution in [1.82, 2.24) is 0 Å². The van der Waals surface area contributed by atoms with Crippen LogP contribution in [-0.2, 0) is 0 Å². The molecule has 6 aromatic carbocycles. The third-order valence-corrected chi connectivity index (χ3v) is 12.3. The lowest BCUT2D eigenvalue weighted by Crippen LogP contribution is -2.57. The van der Waals surface area contributed by atoms with Crippen molar-refractivity contribution in [1.29, 1.82) is 0 Å². The third kappa shape index (κ3) is 9.29. The van der Waals surface area contributed by atoms with Crippen LogP contribution >= 0.6 is 0 Å². The Hall–Kier alpha value is -5.45. The summed E-state index contributed by atoms with van der Waals surface area (Å²) < 4.78 is 40.6. The zero-order valence-electron chi connectivity index (χ0n) is 25.9. The highest BCUT2D eigenvalue weighted by Crippen LogP contribution is 2.32. The van der Waals surface area contributed by atoms with E-state index in [0.29, 0.717) is 53.0 Å². The molecule has 6 nitrogen and oxygen atoms in total. The number of para-hydroxylation sites is 6. The maximum absolute atomic E-state index is 6.77. The van der Waals surface area contributed by atoms with Gasteiger partial charge in [0.15, 0.2) is 0 Å². The van der Waals surface area contributed by atoms with Gasteiger partial charge < -0.3 is 26.6 Å². The molecule has 0 heterocycles. The van der Waals surface area contributed by atoms with Crippen molar-refractivity contribution in [2.45, 2.75) is 18.5 Å². The lowest BCUT2D eigenvalue weighted by molar-refractivity contribution is 0.250. The first-order chi connectivity index (χ1) is 23.2. The van der Waals surface area contributed by atoms with Crippen LogP contribution in [0.15, 0.2) is 182 Å².